The molecule has 27 heavy (non-hydrogen) atoms. The van der Waals surface area contributed by atoms with E-state index in [1.165, 1.54) is 10.9 Å². The van der Waals surface area contributed by atoms with E-state index in [-0.39, 0.29) is 11.3 Å². The number of rotatable bonds is 6. The predicted octanol–water partition coefficient (Wildman–Crippen LogP) is 2.16. The maximum atomic E-state index is 13.4. The SMILES string of the molecule is O=C(N[C@H](C(=O)O)c1ccc(F)c(F)c1)c1cn(Cc2ccccc2)nn1. The van der Waals surface area contributed by atoms with Crippen LogP contribution in [0.1, 0.15) is 27.7 Å². The lowest BCUT2D eigenvalue weighted by Gasteiger charge is -2.14. The van der Waals surface area contributed by atoms with E-state index in [1.807, 2.05) is 30.3 Å². The van der Waals surface area contributed by atoms with Gasteiger partial charge in [0, 0.05) is 0 Å². The Morgan fingerprint density at radius 2 is 1.85 bits per heavy atom. The lowest BCUT2D eigenvalue weighted by molar-refractivity contribution is -0.139. The van der Waals surface area contributed by atoms with Gasteiger partial charge in [-0.2, -0.15) is 0 Å². The molecule has 3 rings (SSSR count). The van der Waals surface area contributed by atoms with Crippen LogP contribution in [0.15, 0.2) is 54.7 Å². The molecule has 2 N–H and O–H groups in total. The van der Waals surface area contributed by atoms with Crippen molar-refractivity contribution < 1.29 is 23.5 Å². The molecule has 1 amide bonds. The Balaban J connectivity index is 1.74. The summed E-state index contributed by atoms with van der Waals surface area (Å²) in [6.45, 7) is 0.382. The molecule has 0 fully saturated rings. The molecule has 1 atom stereocenters. The number of carbonyl (C=O) groups excluding carboxylic acids is 1. The van der Waals surface area contributed by atoms with Crippen molar-refractivity contribution >= 4 is 11.9 Å². The average molecular weight is 372 g/mol. The number of halogens is 2. The normalized spacial score (nSPS) is 11.8. The fraction of sp³-hybridized carbons (Fsp3) is 0.111. The zero-order chi connectivity index (χ0) is 19.4. The van der Waals surface area contributed by atoms with Crippen LogP contribution in [0.3, 0.4) is 0 Å². The third-order valence-electron chi connectivity index (χ3n) is 3.76. The van der Waals surface area contributed by atoms with Gasteiger partial charge in [-0.25, -0.2) is 18.3 Å². The highest BCUT2D eigenvalue weighted by Gasteiger charge is 2.25. The third kappa shape index (κ3) is 4.32. The molecule has 2 aromatic carbocycles. The summed E-state index contributed by atoms with van der Waals surface area (Å²) >= 11 is 0. The van der Waals surface area contributed by atoms with Crippen molar-refractivity contribution in [2.24, 2.45) is 0 Å². The molecule has 7 nitrogen and oxygen atoms in total. The van der Waals surface area contributed by atoms with Gasteiger partial charge in [0.2, 0.25) is 0 Å². The molecule has 0 aliphatic carbocycles. The molecule has 3 aromatic rings. The number of aromatic nitrogens is 3. The number of hydrogen-bond donors (Lipinski definition) is 2. The van der Waals surface area contributed by atoms with Gasteiger partial charge in [-0.3, -0.25) is 4.79 Å². The number of nitrogens with zero attached hydrogens (tertiary/aromatic N) is 3. The molecule has 0 unspecified atom stereocenters. The van der Waals surface area contributed by atoms with E-state index >= 15 is 0 Å². The zero-order valence-corrected chi connectivity index (χ0v) is 13.8. The number of aliphatic carboxylic acids is 1. The molecule has 0 aliphatic heterocycles. The molecular weight excluding hydrogens is 358 g/mol. The van der Waals surface area contributed by atoms with E-state index in [9.17, 15) is 23.5 Å². The molecule has 0 aliphatic rings. The molecular formula is C18H14F2N4O3. The van der Waals surface area contributed by atoms with Crippen LogP contribution in [0.5, 0.6) is 0 Å². The monoisotopic (exact) mass is 372 g/mol. The summed E-state index contributed by atoms with van der Waals surface area (Å²) < 4.78 is 27.8. The van der Waals surface area contributed by atoms with Gasteiger partial charge in [-0.05, 0) is 23.3 Å². The fourth-order valence-electron chi connectivity index (χ4n) is 2.43. The highest BCUT2D eigenvalue weighted by molar-refractivity contribution is 5.94. The second-order valence-electron chi connectivity index (χ2n) is 5.71. The molecule has 1 aromatic heterocycles. The predicted molar refractivity (Wildman–Crippen MR) is 89.8 cm³/mol. The molecule has 1 heterocycles. The number of amides is 1. The molecule has 0 bridgehead atoms. The Hall–Kier alpha value is -3.62. The van der Waals surface area contributed by atoms with Crippen molar-refractivity contribution in [2.45, 2.75) is 12.6 Å². The van der Waals surface area contributed by atoms with Crippen LogP contribution in [0.25, 0.3) is 0 Å². The lowest BCUT2D eigenvalue weighted by Crippen LogP contribution is -2.34. The van der Waals surface area contributed by atoms with Gasteiger partial charge in [0.25, 0.3) is 5.91 Å². The quantitative estimate of drug-likeness (QED) is 0.691. The first-order valence-corrected chi connectivity index (χ1v) is 7.86. The van der Waals surface area contributed by atoms with Crippen molar-refractivity contribution in [1.29, 1.82) is 0 Å². The summed E-state index contributed by atoms with van der Waals surface area (Å²) in [6, 6.07) is 10.4. The second kappa shape index (κ2) is 7.73. The van der Waals surface area contributed by atoms with Gasteiger partial charge in [0.05, 0.1) is 12.7 Å². The van der Waals surface area contributed by atoms with Gasteiger partial charge in [0.1, 0.15) is 0 Å². The minimum Gasteiger partial charge on any atom is -0.479 e. The topological polar surface area (TPSA) is 97.1 Å². The van der Waals surface area contributed by atoms with Crippen LogP contribution < -0.4 is 5.32 Å². The van der Waals surface area contributed by atoms with Crippen LogP contribution in [0.2, 0.25) is 0 Å². The number of carbonyl (C=O) groups is 2. The van der Waals surface area contributed by atoms with E-state index in [0.29, 0.717) is 6.54 Å². The summed E-state index contributed by atoms with van der Waals surface area (Å²) in [5.74, 6) is -4.54. The number of benzene rings is 2. The largest absolute Gasteiger partial charge is 0.479 e. The molecule has 0 radical (unpaired) electrons. The molecule has 9 heteroatoms. The average Bonchev–Trinajstić information content (AvgIpc) is 3.11. The van der Waals surface area contributed by atoms with Gasteiger partial charge in [0.15, 0.2) is 23.4 Å². The van der Waals surface area contributed by atoms with Crippen LogP contribution in [0, 0.1) is 11.6 Å². The number of carboxylic acid groups (broad SMARTS) is 1. The van der Waals surface area contributed by atoms with E-state index in [2.05, 4.69) is 15.6 Å². The van der Waals surface area contributed by atoms with Crippen LogP contribution in [0.4, 0.5) is 8.78 Å². The molecule has 0 saturated heterocycles. The Kier molecular flexibility index (Phi) is 5.20. The number of carboxylic acids is 1. The van der Waals surface area contributed by atoms with Crippen molar-refractivity contribution in [3.63, 3.8) is 0 Å². The summed E-state index contributed by atoms with van der Waals surface area (Å²) in [6.07, 6.45) is 1.37. The molecule has 0 saturated carbocycles. The summed E-state index contributed by atoms with van der Waals surface area (Å²) in [5.41, 5.74) is 0.741. The van der Waals surface area contributed by atoms with Crippen molar-refractivity contribution in [2.75, 3.05) is 0 Å². The van der Waals surface area contributed by atoms with Crippen molar-refractivity contribution in [1.82, 2.24) is 20.3 Å². The van der Waals surface area contributed by atoms with Gasteiger partial charge < -0.3 is 10.4 Å². The minimum atomic E-state index is -1.56. The Labute approximate surface area is 152 Å². The highest BCUT2D eigenvalue weighted by Crippen LogP contribution is 2.17. The van der Waals surface area contributed by atoms with E-state index < -0.39 is 29.6 Å². The second-order valence-corrected chi connectivity index (χ2v) is 5.71. The molecule has 0 spiro atoms. The maximum absolute atomic E-state index is 13.4. The van der Waals surface area contributed by atoms with Gasteiger partial charge in [-0.15, -0.1) is 5.10 Å². The Morgan fingerprint density at radius 3 is 2.52 bits per heavy atom. The van der Waals surface area contributed by atoms with Crippen LogP contribution >= 0.6 is 0 Å². The summed E-state index contributed by atoms with van der Waals surface area (Å²) in [7, 11) is 0. The summed E-state index contributed by atoms with van der Waals surface area (Å²) in [5, 5.41) is 19.1. The van der Waals surface area contributed by atoms with Crippen LogP contribution in [-0.4, -0.2) is 32.0 Å². The van der Waals surface area contributed by atoms with Gasteiger partial charge >= 0.3 is 5.97 Å². The zero-order valence-electron chi connectivity index (χ0n) is 13.8. The van der Waals surface area contributed by atoms with Crippen molar-refractivity contribution in [3.05, 3.63) is 83.2 Å². The highest BCUT2D eigenvalue weighted by atomic mass is 19.2. The first-order chi connectivity index (χ1) is 12.9. The Morgan fingerprint density at radius 1 is 1.11 bits per heavy atom. The maximum Gasteiger partial charge on any atom is 0.330 e. The number of hydrogen-bond acceptors (Lipinski definition) is 4. The van der Waals surface area contributed by atoms with Crippen LogP contribution in [-0.2, 0) is 11.3 Å². The smallest absolute Gasteiger partial charge is 0.330 e. The fourth-order valence-corrected chi connectivity index (χ4v) is 2.43. The minimum absolute atomic E-state index is 0.0974. The number of nitrogens with one attached hydrogen (secondary N) is 1. The van der Waals surface area contributed by atoms with E-state index in [0.717, 1.165) is 23.8 Å². The first kappa shape index (κ1) is 18.2. The van der Waals surface area contributed by atoms with E-state index in [4.69, 9.17) is 0 Å². The first-order valence-electron chi connectivity index (χ1n) is 7.86. The van der Waals surface area contributed by atoms with E-state index in [1.54, 1.807) is 0 Å². The standard InChI is InChI=1S/C18H14F2N4O3/c19-13-7-6-12(8-14(13)20)16(18(26)27)21-17(25)15-10-24(23-22-15)9-11-4-2-1-3-5-11/h1-8,10,16H,9H2,(H,21,25)(H,26,27)/t16-/m0/s1. The Bertz CT molecular complexity index is 976. The lowest BCUT2D eigenvalue weighted by atomic mass is 10.1. The summed E-state index contributed by atoms with van der Waals surface area (Å²) in [4.78, 5) is 23.7. The van der Waals surface area contributed by atoms with Crippen molar-refractivity contribution in [3.8, 4) is 0 Å². The third-order valence-corrected chi connectivity index (χ3v) is 3.76. The van der Waals surface area contributed by atoms with Gasteiger partial charge in [-0.1, -0.05) is 41.6 Å². The molecule has 138 valence electrons.